The number of nitrogens with one attached hydrogen (secondary N) is 2. The number of ether oxygens (including phenoxy) is 1. The first-order valence-electron chi connectivity index (χ1n) is 10.1. The van der Waals surface area contributed by atoms with Crippen molar-refractivity contribution in [1.82, 2.24) is 10.3 Å². The summed E-state index contributed by atoms with van der Waals surface area (Å²) < 4.78 is 21.3. The van der Waals surface area contributed by atoms with Gasteiger partial charge in [-0.3, -0.25) is 9.78 Å². The van der Waals surface area contributed by atoms with Gasteiger partial charge in [-0.2, -0.15) is 0 Å². The van der Waals surface area contributed by atoms with Gasteiger partial charge in [0.05, 0.1) is 16.6 Å². The standard InChI is InChI=1S/C24H20FN3O3S2/c25-18-13-16(27-24(32)28-22(30)12-15-4-2-1-3-5-15)6-7-20(18)31-21-8-10-26-19-14-17(9-11-29)33-23(19)21/h1-8,10,13-14,29H,9,11-12H2,(H2,27,28,30,32). The van der Waals surface area contributed by atoms with Gasteiger partial charge in [-0.25, -0.2) is 4.39 Å². The number of anilines is 1. The Kier molecular flexibility index (Phi) is 7.23. The van der Waals surface area contributed by atoms with E-state index in [2.05, 4.69) is 15.6 Å². The van der Waals surface area contributed by atoms with Crippen molar-refractivity contribution in [3.05, 3.63) is 83.1 Å². The Bertz CT molecular complexity index is 1290. The molecule has 0 aliphatic carbocycles. The lowest BCUT2D eigenvalue weighted by Gasteiger charge is -2.12. The second-order valence-corrected chi connectivity index (χ2v) is 8.67. The highest BCUT2D eigenvalue weighted by atomic mass is 32.1. The fourth-order valence-corrected chi connectivity index (χ4v) is 4.46. The first kappa shape index (κ1) is 22.8. The normalized spacial score (nSPS) is 10.7. The van der Waals surface area contributed by atoms with E-state index in [1.54, 1.807) is 18.3 Å². The topological polar surface area (TPSA) is 83.5 Å². The molecule has 0 aliphatic rings. The fraction of sp³-hybridized carbons (Fsp3) is 0.125. The van der Waals surface area contributed by atoms with Crippen LogP contribution in [0.5, 0.6) is 11.5 Å². The average Bonchev–Trinajstić information content (AvgIpc) is 3.20. The third-order valence-corrected chi connectivity index (χ3v) is 6.06. The number of nitrogens with zero attached hydrogens (tertiary/aromatic N) is 1. The number of hydrogen-bond donors (Lipinski definition) is 3. The van der Waals surface area contributed by atoms with Gasteiger partial charge in [0.25, 0.3) is 0 Å². The summed E-state index contributed by atoms with van der Waals surface area (Å²) >= 11 is 6.62. The van der Waals surface area contributed by atoms with Crippen LogP contribution in [0.4, 0.5) is 10.1 Å². The summed E-state index contributed by atoms with van der Waals surface area (Å²) in [6.07, 6.45) is 2.31. The molecule has 0 saturated heterocycles. The number of rotatable bonds is 7. The summed E-state index contributed by atoms with van der Waals surface area (Å²) in [5, 5.41) is 14.6. The second kappa shape index (κ2) is 10.5. The van der Waals surface area contributed by atoms with Gasteiger partial charge < -0.3 is 20.5 Å². The van der Waals surface area contributed by atoms with Crippen LogP contribution >= 0.6 is 23.6 Å². The van der Waals surface area contributed by atoms with Crippen LogP contribution in [0.3, 0.4) is 0 Å². The zero-order valence-electron chi connectivity index (χ0n) is 17.4. The number of aliphatic hydroxyl groups excluding tert-OH is 1. The molecule has 0 bridgehead atoms. The summed E-state index contributed by atoms with van der Waals surface area (Å²) in [5.74, 6) is -0.324. The lowest BCUT2D eigenvalue weighted by Crippen LogP contribution is -2.35. The molecule has 3 N–H and O–H groups in total. The third-order valence-electron chi connectivity index (χ3n) is 4.66. The maximum Gasteiger partial charge on any atom is 0.230 e. The van der Waals surface area contributed by atoms with Gasteiger partial charge in [-0.15, -0.1) is 11.3 Å². The van der Waals surface area contributed by atoms with Crippen LogP contribution in [0, 0.1) is 5.82 Å². The van der Waals surface area contributed by atoms with E-state index in [1.807, 2.05) is 36.4 Å². The second-order valence-electron chi connectivity index (χ2n) is 7.12. The zero-order chi connectivity index (χ0) is 23.2. The Balaban J connectivity index is 1.40. The molecule has 2 aromatic heterocycles. The minimum absolute atomic E-state index is 0.0423. The fourth-order valence-electron chi connectivity index (χ4n) is 3.17. The molecule has 6 nitrogen and oxygen atoms in total. The monoisotopic (exact) mass is 481 g/mol. The molecule has 1 amide bonds. The molecule has 9 heteroatoms. The maximum absolute atomic E-state index is 14.7. The number of thiocarbonyl (C=S) groups is 1. The minimum atomic E-state index is -0.587. The Hall–Kier alpha value is -3.40. The molecule has 0 spiro atoms. The summed E-state index contributed by atoms with van der Waals surface area (Å²) in [6, 6.07) is 17.2. The molecule has 4 rings (SSSR count). The van der Waals surface area contributed by atoms with E-state index < -0.39 is 5.82 Å². The van der Waals surface area contributed by atoms with Gasteiger partial charge in [0.2, 0.25) is 5.91 Å². The third kappa shape index (κ3) is 5.89. The molecule has 2 aromatic carbocycles. The summed E-state index contributed by atoms with van der Waals surface area (Å²) in [7, 11) is 0. The van der Waals surface area contributed by atoms with Gasteiger partial charge in [0, 0.05) is 41.9 Å². The van der Waals surface area contributed by atoms with Crippen LogP contribution in [0.2, 0.25) is 0 Å². The van der Waals surface area contributed by atoms with Crippen molar-refractivity contribution in [2.75, 3.05) is 11.9 Å². The molecule has 0 aliphatic heterocycles. The highest BCUT2D eigenvalue weighted by Gasteiger charge is 2.13. The molecule has 0 unspecified atom stereocenters. The molecule has 33 heavy (non-hydrogen) atoms. The molecular weight excluding hydrogens is 461 g/mol. The Morgan fingerprint density at radius 2 is 1.94 bits per heavy atom. The summed E-state index contributed by atoms with van der Waals surface area (Å²) in [4.78, 5) is 17.4. The van der Waals surface area contributed by atoms with Crippen molar-refractivity contribution < 1.29 is 19.0 Å². The number of fused-ring (bicyclic) bond motifs is 1. The van der Waals surface area contributed by atoms with E-state index in [-0.39, 0.29) is 29.8 Å². The number of aromatic nitrogens is 1. The number of benzene rings is 2. The van der Waals surface area contributed by atoms with Gasteiger partial charge in [-0.05, 0) is 36.0 Å². The van der Waals surface area contributed by atoms with E-state index in [9.17, 15) is 9.18 Å². The van der Waals surface area contributed by atoms with E-state index in [0.717, 1.165) is 20.7 Å². The predicted molar refractivity (Wildman–Crippen MR) is 131 cm³/mol. The van der Waals surface area contributed by atoms with Crippen molar-refractivity contribution >= 4 is 50.5 Å². The number of thiophene rings is 1. The van der Waals surface area contributed by atoms with Crippen LogP contribution in [0.15, 0.2) is 66.9 Å². The number of carbonyl (C=O) groups is 1. The highest BCUT2D eigenvalue weighted by molar-refractivity contribution is 7.80. The smallest absolute Gasteiger partial charge is 0.230 e. The average molecular weight is 482 g/mol. The van der Waals surface area contributed by atoms with Crippen molar-refractivity contribution in [2.24, 2.45) is 0 Å². The molecule has 0 radical (unpaired) electrons. The van der Waals surface area contributed by atoms with Gasteiger partial charge in [0.1, 0.15) is 5.75 Å². The van der Waals surface area contributed by atoms with Crippen LogP contribution in [0.1, 0.15) is 10.4 Å². The van der Waals surface area contributed by atoms with Crippen molar-refractivity contribution in [1.29, 1.82) is 0 Å². The van der Waals surface area contributed by atoms with E-state index >= 15 is 0 Å². The largest absolute Gasteiger partial charge is 0.453 e. The molecule has 0 fully saturated rings. The molecule has 2 heterocycles. The van der Waals surface area contributed by atoms with Crippen LogP contribution in [-0.2, 0) is 17.6 Å². The number of halogens is 1. The van der Waals surface area contributed by atoms with Crippen LogP contribution < -0.4 is 15.4 Å². The van der Waals surface area contributed by atoms with E-state index in [4.69, 9.17) is 22.1 Å². The zero-order valence-corrected chi connectivity index (χ0v) is 19.0. The summed E-state index contributed by atoms with van der Waals surface area (Å²) in [6.45, 7) is 0.0423. The first-order chi connectivity index (χ1) is 16.0. The van der Waals surface area contributed by atoms with E-state index in [1.165, 1.54) is 23.5 Å². The number of amides is 1. The lowest BCUT2D eigenvalue weighted by molar-refractivity contribution is -0.119. The molecule has 4 aromatic rings. The molecule has 168 valence electrons. The number of carbonyl (C=O) groups excluding carboxylic acids is 1. The lowest BCUT2D eigenvalue weighted by atomic mass is 10.1. The molecular formula is C24H20FN3O3S2. The predicted octanol–water partition coefficient (Wildman–Crippen LogP) is 4.82. The Morgan fingerprint density at radius 3 is 2.70 bits per heavy atom. The molecule has 0 atom stereocenters. The van der Waals surface area contributed by atoms with Gasteiger partial charge in [0.15, 0.2) is 16.7 Å². The highest BCUT2D eigenvalue weighted by Crippen LogP contribution is 2.36. The summed E-state index contributed by atoms with van der Waals surface area (Å²) in [5.41, 5.74) is 1.98. The number of pyridine rings is 1. The first-order valence-corrected chi connectivity index (χ1v) is 11.3. The Labute approximate surface area is 199 Å². The van der Waals surface area contributed by atoms with Gasteiger partial charge >= 0.3 is 0 Å². The number of aliphatic hydroxyl groups is 1. The minimum Gasteiger partial charge on any atom is -0.453 e. The van der Waals surface area contributed by atoms with Gasteiger partial charge in [-0.1, -0.05) is 30.3 Å². The van der Waals surface area contributed by atoms with Crippen molar-refractivity contribution in [3.63, 3.8) is 0 Å². The number of hydrogen-bond acceptors (Lipinski definition) is 6. The molecule has 0 saturated carbocycles. The van der Waals surface area contributed by atoms with Crippen LogP contribution in [0.25, 0.3) is 10.2 Å². The Morgan fingerprint density at radius 1 is 1.12 bits per heavy atom. The van der Waals surface area contributed by atoms with Crippen molar-refractivity contribution in [2.45, 2.75) is 12.8 Å². The van der Waals surface area contributed by atoms with E-state index in [0.29, 0.717) is 17.9 Å². The SMILES string of the molecule is O=C(Cc1ccccc1)NC(=S)Nc1ccc(Oc2ccnc3cc(CCO)sc23)c(F)c1. The maximum atomic E-state index is 14.7. The van der Waals surface area contributed by atoms with Crippen LogP contribution in [-0.4, -0.2) is 27.7 Å². The quantitative estimate of drug-likeness (QED) is 0.328. The van der Waals surface area contributed by atoms with Crippen molar-refractivity contribution in [3.8, 4) is 11.5 Å².